The van der Waals surface area contributed by atoms with Gasteiger partial charge in [0.05, 0.1) is 10.6 Å². The maximum atomic E-state index is 13.6. The minimum Gasteiger partial charge on any atom is -0.452 e. The molecule has 2 rings (SSSR count). The summed E-state index contributed by atoms with van der Waals surface area (Å²) in [5.74, 6) is -2.46. The summed E-state index contributed by atoms with van der Waals surface area (Å²) in [6.45, 7) is -0.708. The van der Waals surface area contributed by atoms with E-state index >= 15 is 0 Å². The smallest absolute Gasteiger partial charge is 0.345 e. The van der Waals surface area contributed by atoms with Crippen LogP contribution in [0.1, 0.15) is 10.4 Å². The molecule has 2 aromatic carbocycles. The maximum absolute atomic E-state index is 13.6. The lowest BCUT2D eigenvalue weighted by atomic mass is 10.2. The van der Waals surface area contributed by atoms with Crippen molar-refractivity contribution in [2.45, 2.75) is 0 Å². The number of anilines is 1. The predicted molar refractivity (Wildman–Crippen MR) is 86.1 cm³/mol. The Labute approximate surface area is 143 Å². The Morgan fingerprint density at radius 1 is 1.25 bits per heavy atom. The fraction of sp³-hybridized carbons (Fsp3) is 0.0667. The first-order valence-electron chi connectivity index (χ1n) is 6.54. The Hall–Kier alpha value is -2.81. The van der Waals surface area contributed by atoms with E-state index in [-0.39, 0.29) is 11.3 Å². The summed E-state index contributed by atoms with van der Waals surface area (Å²) in [5, 5.41) is 13.1. The van der Waals surface area contributed by atoms with E-state index in [0.29, 0.717) is 4.47 Å². The van der Waals surface area contributed by atoms with E-state index in [2.05, 4.69) is 21.2 Å². The van der Waals surface area contributed by atoms with Crippen molar-refractivity contribution >= 4 is 39.2 Å². The van der Waals surface area contributed by atoms with Crippen LogP contribution < -0.4 is 5.32 Å². The van der Waals surface area contributed by atoms with Crippen LogP contribution in [0.3, 0.4) is 0 Å². The highest BCUT2D eigenvalue weighted by Crippen LogP contribution is 2.20. The molecule has 0 fully saturated rings. The van der Waals surface area contributed by atoms with Gasteiger partial charge in [-0.2, -0.15) is 0 Å². The lowest BCUT2D eigenvalue weighted by Crippen LogP contribution is -2.21. The zero-order valence-corrected chi connectivity index (χ0v) is 13.6. The van der Waals surface area contributed by atoms with Gasteiger partial charge in [0.15, 0.2) is 6.61 Å². The second-order valence-electron chi connectivity index (χ2n) is 4.52. The van der Waals surface area contributed by atoms with Crippen LogP contribution in [0.4, 0.5) is 15.8 Å². The van der Waals surface area contributed by atoms with Gasteiger partial charge in [0.2, 0.25) is 0 Å². The van der Waals surface area contributed by atoms with Crippen LogP contribution >= 0.6 is 15.9 Å². The molecular weight excluding hydrogens is 387 g/mol. The Bertz CT molecular complexity index is 812. The molecule has 0 bridgehead atoms. The summed E-state index contributed by atoms with van der Waals surface area (Å²) in [5.41, 5.74) is -0.781. The number of nitro benzene ring substituents is 1. The molecule has 1 N–H and O–H groups in total. The number of esters is 1. The molecule has 1 amide bonds. The van der Waals surface area contributed by atoms with E-state index in [1.54, 1.807) is 0 Å². The van der Waals surface area contributed by atoms with Crippen LogP contribution in [0.25, 0.3) is 0 Å². The summed E-state index contributed by atoms with van der Waals surface area (Å²) in [7, 11) is 0. The second kappa shape index (κ2) is 7.64. The summed E-state index contributed by atoms with van der Waals surface area (Å²) >= 11 is 3.08. The summed E-state index contributed by atoms with van der Waals surface area (Å²) in [6.07, 6.45) is 0. The molecule has 0 saturated carbocycles. The van der Waals surface area contributed by atoms with Crippen LogP contribution in [0.2, 0.25) is 0 Å². The quantitative estimate of drug-likeness (QED) is 0.474. The monoisotopic (exact) mass is 396 g/mol. The Morgan fingerprint density at radius 3 is 2.62 bits per heavy atom. The minimum atomic E-state index is -1.02. The van der Waals surface area contributed by atoms with E-state index in [4.69, 9.17) is 4.74 Å². The topological polar surface area (TPSA) is 98.5 Å². The second-order valence-corrected chi connectivity index (χ2v) is 5.44. The van der Waals surface area contributed by atoms with Crippen molar-refractivity contribution in [2.24, 2.45) is 0 Å². The van der Waals surface area contributed by atoms with Crippen molar-refractivity contribution in [1.29, 1.82) is 0 Å². The van der Waals surface area contributed by atoms with Gasteiger partial charge < -0.3 is 10.1 Å². The number of hydrogen-bond donors (Lipinski definition) is 1. The van der Waals surface area contributed by atoms with Crippen LogP contribution in [0.5, 0.6) is 0 Å². The van der Waals surface area contributed by atoms with Crippen LogP contribution in [-0.2, 0) is 9.53 Å². The lowest BCUT2D eigenvalue weighted by molar-refractivity contribution is -0.385. The molecule has 0 aliphatic rings. The molecule has 7 nitrogen and oxygen atoms in total. The molecule has 0 radical (unpaired) electrons. The van der Waals surface area contributed by atoms with Crippen molar-refractivity contribution in [1.82, 2.24) is 0 Å². The number of nitrogens with one attached hydrogen (secondary N) is 1. The van der Waals surface area contributed by atoms with Gasteiger partial charge in [0.25, 0.3) is 11.6 Å². The van der Waals surface area contributed by atoms with E-state index < -0.39 is 34.9 Å². The largest absolute Gasteiger partial charge is 0.452 e. The fourth-order valence-corrected chi connectivity index (χ4v) is 2.12. The molecule has 24 heavy (non-hydrogen) atoms. The molecule has 0 aromatic heterocycles. The zero-order valence-electron chi connectivity index (χ0n) is 12.0. The molecule has 9 heteroatoms. The molecular formula is C15H10BrFN2O5. The number of nitro groups is 1. The molecule has 0 unspecified atom stereocenters. The number of carbonyl (C=O) groups excluding carboxylic acids is 2. The van der Waals surface area contributed by atoms with Gasteiger partial charge in [-0.3, -0.25) is 14.9 Å². The van der Waals surface area contributed by atoms with Gasteiger partial charge in [-0.25, -0.2) is 9.18 Å². The number of ether oxygens (including phenoxy) is 1. The third kappa shape index (κ3) is 4.35. The first-order chi connectivity index (χ1) is 11.4. The summed E-state index contributed by atoms with van der Waals surface area (Å²) in [4.78, 5) is 33.7. The maximum Gasteiger partial charge on any atom is 0.345 e. The Kier molecular flexibility index (Phi) is 5.59. The molecule has 0 atom stereocenters. The lowest BCUT2D eigenvalue weighted by Gasteiger charge is -2.08. The standard InChI is InChI=1S/C15H10BrFN2O5/c16-9-5-6-12(11(17)7-9)18-14(20)8-24-15(21)10-3-1-2-4-13(10)19(22)23/h1-7H,8H2,(H,18,20). The summed E-state index contributed by atoms with van der Waals surface area (Å²) < 4.78 is 18.8. The Balaban J connectivity index is 1.99. The third-order valence-electron chi connectivity index (χ3n) is 2.86. The van der Waals surface area contributed by atoms with Gasteiger partial charge in [-0.1, -0.05) is 28.1 Å². The van der Waals surface area contributed by atoms with Crippen molar-refractivity contribution in [3.8, 4) is 0 Å². The molecule has 0 aliphatic heterocycles. The first kappa shape index (κ1) is 17.5. The van der Waals surface area contributed by atoms with Gasteiger partial charge in [-0.05, 0) is 24.3 Å². The molecule has 2 aromatic rings. The van der Waals surface area contributed by atoms with Crippen molar-refractivity contribution in [3.63, 3.8) is 0 Å². The fourth-order valence-electron chi connectivity index (χ4n) is 1.79. The number of benzene rings is 2. The van der Waals surface area contributed by atoms with Gasteiger partial charge in [0.1, 0.15) is 11.4 Å². The number of carbonyl (C=O) groups is 2. The van der Waals surface area contributed by atoms with Crippen LogP contribution in [-0.4, -0.2) is 23.4 Å². The molecule has 124 valence electrons. The Morgan fingerprint density at radius 2 is 1.96 bits per heavy atom. The predicted octanol–water partition coefficient (Wildman–Crippen LogP) is 3.29. The van der Waals surface area contributed by atoms with Crippen LogP contribution in [0, 0.1) is 15.9 Å². The first-order valence-corrected chi connectivity index (χ1v) is 7.33. The minimum absolute atomic E-state index is 0.0788. The number of rotatable bonds is 5. The van der Waals surface area contributed by atoms with Gasteiger partial charge >= 0.3 is 5.97 Å². The number of nitrogens with zero attached hydrogens (tertiary/aromatic N) is 1. The van der Waals surface area contributed by atoms with E-state index in [0.717, 1.165) is 12.1 Å². The van der Waals surface area contributed by atoms with Crippen molar-refractivity contribution < 1.29 is 23.6 Å². The number of amides is 1. The van der Waals surface area contributed by atoms with Gasteiger partial charge in [-0.15, -0.1) is 0 Å². The van der Waals surface area contributed by atoms with Crippen LogP contribution in [0.15, 0.2) is 46.9 Å². The number of halogens is 2. The number of para-hydroxylation sites is 1. The highest BCUT2D eigenvalue weighted by Gasteiger charge is 2.21. The van der Waals surface area contributed by atoms with E-state index in [1.807, 2.05) is 0 Å². The third-order valence-corrected chi connectivity index (χ3v) is 3.35. The number of hydrogen-bond acceptors (Lipinski definition) is 5. The normalized spacial score (nSPS) is 10.1. The molecule has 0 aliphatic carbocycles. The van der Waals surface area contributed by atoms with Crippen molar-refractivity contribution in [3.05, 3.63) is 68.4 Å². The van der Waals surface area contributed by atoms with Crippen molar-refractivity contribution in [2.75, 3.05) is 11.9 Å². The average Bonchev–Trinajstić information content (AvgIpc) is 2.55. The van der Waals surface area contributed by atoms with E-state index in [1.165, 1.54) is 30.3 Å². The van der Waals surface area contributed by atoms with E-state index in [9.17, 15) is 24.1 Å². The molecule has 0 spiro atoms. The zero-order chi connectivity index (χ0) is 17.7. The highest BCUT2D eigenvalue weighted by atomic mass is 79.9. The SMILES string of the molecule is O=C(COC(=O)c1ccccc1[N+](=O)[O-])Nc1ccc(Br)cc1F. The average molecular weight is 397 g/mol. The summed E-state index contributed by atoms with van der Waals surface area (Å²) in [6, 6.07) is 9.22. The van der Waals surface area contributed by atoms with Gasteiger partial charge in [0, 0.05) is 10.5 Å². The highest BCUT2D eigenvalue weighted by molar-refractivity contribution is 9.10. The molecule has 0 saturated heterocycles. The molecule has 0 heterocycles.